The fraction of sp³-hybridized carbons (Fsp3) is 0.415. The number of amides is 4. The number of aliphatic carboxylic acids is 1. The van der Waals surface area contributed by atoms with Gasteiger partial charge in [-0.05, 0) is 108 Å². The summed E-state index contributed by atoms with van der Waals surface area (Å²) in [6.07, 6.45) is 3.97. The molecule has 2 aliphatic heterocycles. The molecule has 6 atom stereocenters. The van der Waals surface area contributed by atoms with Crippen molar-refractivity contribution < 1.29 is 38.9 Å². The van der Waals surface area contributed by atoms with Crippen LogP contribution in [0.4, 0.5) is 5.82 Å². The first kappa shape index (κ1) is 38.3. The van der Waals surface area contributed by atoms with Crippen molar-refractivity contribution in [1.82, 2.24) is 14.7 Å². The summed E-state index contributed by atoms with van der Waals surface area (Å²) < 4.78 is 8.46. The first-order chi connectivity index (χ1) is 26.7. The van der Waals surface area contributed by atoms with Crippen molar-refractivity contribution in [3.05, 3.63) is 68.7 Å². The number of nitrogens with zero attached hydrogens (tertiary/aromatic N) is 4. The normalized spacial score (nSPS) is 25.8. The van der Waals surface area contributed by atoms with E-state index in [0.717, 1.165) is 26.1 Å². The fourth-order valence-electron chi connectivity index (χ4n) is 9.75. The van der Waals surface area contributed by atoms with Crippen LogP contribution in [0.25, 0.3) is 20.7 Å². The van der Waals surface area contributed by atoms with Gasteiger partial charge in [-0.3, -0.25) is 33.6 Å². The maximum absolute atomic E-state index is 15.2. The van der Waals surface area contributed by atoms with E-state index in [4.69, 9.17) is 26.5 Å². The number of halogens is 2. The monoisotopic (exact) mass is 862 g/mol. The third-order valence-electron chi connectivity index (χ3n) is 12.5. The Bertz CT molecular complexity index is 2410. The molecule has 8 rings (SSSR count). The maximum atomic E-state index is 15.2. The molecule has 3 fully saturated rings. The predicted octanol–water partition coefficient (Wildman–Crippen LogP) is 7.62. The number of phenols is 1. The SMILES string of the molecule is COc1cc([C@H]2C3=CC[C@@H]4C(=O)N(CCCCCC(=O)O)C(=O)[C@@H]4[C@@H]3C[C@H]3C(=O)N(c4cc(-c5sc6ccc(Cl)cc6c5C)nn4C)C(=O)[C@@]23C)cc(Br)c1O. The standard InChI is InChI=1S/C41H40BrClN4O8S/c1-19-24-16-21(43)9-12-30(24)56-36(19)28-18-31(45(3)44-28)47-38(52)26-17-25-22(34(41(26,2)40(47)54)20-14-27(42)35(50)29(15-20)55-4)10-11-23-33(25)39(53)46(37(23)51)13-7-5-6-8-32(48)49/h9-10,12,14-16,18,23,25-26,33-34,50H,5-8,11,13,17H2,1-4H3,(H,48,49)/t23-,25+,26-,33-,34-,41+/m0/s1. The molecule has 56 heavy (non-hydrogen) atoms. The number of anilines is 1. The summed E-state index contributed by atoms with van der Waals surface area (Å²) in [6.45, 7) is 3.99. The number of hydrogen-bond acceptors (Lipinski definition) is 9. The number of allylic oxidation sites excluding steroid dienone is 2. The number of thiophene rings is 1. The number of rotatable bonds is 10. The number of carbonyl (C=O) groups excluding carboxylic acids is 4. The van der Waals surface area contributed by atoms with Crippen LogP contribution in [-0.4, -0.2) is 68.1 Å². The molecule has 0 bridgehead atoms. The van der Waals surface area contributed by atoms with Crippen LogP contribution in [0, 0.1) is 36.0 Å². The van der Waals surface area contributed by atoms with Gasteiger partial charge >= 0.3 is 5.97 Å². The van der Waals surface area contributed by atoms with Crippen LogP contribution in [0.2, 0.25) is 5.02 Å². The number of carbonyl (C=O) groups is 5. The molecule has 12 nitrogen and oxygen atoms in total. The van der Waals surface area contributed by atoms with Crippen LogP contribution in [0.15, 0.2) is 52.5 Å². The van der Waals surface area contributed by atoms with E-state index >= 15 is 4.79 Å². The number of aromatic nitrogens is 2. The van der Waals surface area contributed by atoms with Crippen LogP contribution < -0.4 is 9.64 Å². The first-order valence-corrected chi connectivity index (χ1v) is 20.6. The Morgan fingerprint density at radius 3 is 2.57 bits per heavy atom. The minimum Gasteiger partial charge on any atom is -0.503 e. The summed E-state index contributed by atoms with van der Waals surface area (Å²) in [7, 11) is 3.14. The highest BCUT2D eigenvalue weighted by Crippen LogP contribution is 2.64. The Balaban J connectivity index is 1.19. The van der Waals surface area contributed by atoms with E-state index < -0.39 is 52.8 Å². The molecular weight excluding hydrogens is 824 g/mol. The zero-order valence-electron chi connectivity index (χ0n) is 31.2. The molecule has 4 aliphatic rings. The average Bonchev–Trinajstić information content (AvgIpc) is 3.83. The topological polar surface area (TPSA) is 159 Å². The second kappa shape index (κ2) is 14.1. The zero-order valence-corrected chi connectivity index (χ0v) is 34.3. The highest BCUT2D eigenvalue weighted by atomic mass is 79.9. The van der Waals surface area contributed by atoms with Gasteiger partial charge in [-0.25, -0.2) is 4.90 Å². The lowest BCUT2D eigenvalue weighted by molar-refractivity contribution is -0.141. The van der Waals surface area contributed by atoms with Crippen molar-refractivity contribution in [2.45, 2.75) is 58.3 Å². The van der Waals surface area contributed by atoms with E-state index in [1.165, 1.54) is 16.9 Å². The number of benzene rings is 2. The van der Waals surface area contributed by atoms with Gasteiger partial charge in [0.1, 0.15) is 11.5 Å². The van der Waals surface area contributed by atoms with Gasteiger partial charge in [-0.1, -0.05) is 29.7 Å². The molecule has 4 aromatic rings. The van der Waals surface area contributed by atoms with Crippen LogP contribution in [-0.2, 0) is 31.0 Å². The summed E-state index contributed by atoms with van der Waals surface area (Å²) in [5, 5.41) is 26.2. The van der Waals surface area contributed by atoms with Crippen molar-refractivity contribution in [2.24, 2.45) is 36.1 Å². The molecule has 2 aliphatic carbocycles. The lowest BCUT2D eigenvalue weighted by Crippen LogP contribution is -2.49. The van der Waals surface area contributed by atoms with Gasteiger partial charge in [-0.15, -0.1) is 11.3 Å². The Kier molecular flexibility index (Phi) is 9.68. The van der Waals surface area contributed by atoms with Crippen LogP contribution in [0.3, 0.4) is 0 Å². The number of ether oxygens (including phenoxy) is 1. The second-order valence-corrected chi connectivity index (χ2v) is 17.8. The number of unbranched alkanes of at least 4 members (excludes halogenated alkanes) is 2. The molecule has 0 radical (unpaired) electrons. The van der Waals surface area contributed by atoms with Crippen LogP contribution in [0.1, 0.15) is 62.5 Å². The smallest absolute Gasteiger partial charge is 0.303 e. The average molecular weight is 864 g/mol. The number of carboxylic acid groups (broad SMARTS) is 1. The minimum atomic E-state index is -1.32. The molecule has 15 heteroatoms. The summed E-state index contributed by atoms with van der Waals surface area (Å²) in [5.41, 5.74) is 1.70. The number of methoxy groups -OCH3 is 1. The van der Waals surface area contributed by atoms with Gasteiger partial charge in [0.15, 0.2) is 11.5 Å². The number of carboxylic acids is 1. The Hall–Kier alpha value is -4.53. The molecule has 2 aromatic carbocycles. The second-order valence-electron chi connectivity index (χ2n) is 15.5. The molecule has 0 spiro atoms. The number of imide groups is 2. The third kappa shape index (κ3) is 5.81. The van der Waals surface area contributed by atoms with E-state index in [9.17, 15) is 24.3 Å². The maximum Gasteiger partial charge on any atom is 0.303 e. The van der Waals surface area contributed by atoms with E-state index in [1.807, 2.05) is 31.2 Å². The number of likely N-dealkylation sites (tertiary alicyclic amines) is 1. The summed E-state index contributed by atoms with van der Waals surface area (Å²) >= 11 is 11.3. The van der Waals surface area contributed by atoms with E-state index in [2.05, 4.69) is 15.9 Å². The Labute approximate surface area is 340 Å². The highest BCUT2D eigenvalue weighted by Gasteiger charge is 2.68. The van der Waals surface area contributed by atoms with Gasteiger partial charge in [-0.2, -0.15) is 5.10 Å². The molecule has 292 valence electrons. The summed E-state index contributed by atoms with van der Waals surface area (Å²) in [5.74, 6) is -5.31. The minimum absolute atomic E-state index is 0.0200. The Morgan fingerprint density at radius 1 is 1.07 bits per heavy atom. The van der Waals surface area contributed by atoms with Crippen LogP contribution >= 0.6 is 38.9 Å². The molecule has 0 unspecified atom stereocenters. The molecule has 4 amide bonds. The number of phenolic OH excluding ortho intramolecular Hbond substituents is 1. The van der Waals surface area contributed by atoms with Gasteiger partial charge in [0.25, 0.3) is 0 Å². The molecular formula is C41H40BrClN4O8S. The van der Waals surface area contributed by atoms with E-state index in [1.54, 1.807) is 48.2 Å². The molecule has 1 saturated carbocycles. The zero-order chi connectivity index (χ0) is 40.0. The molecule has 4 heterocycles. The fourth-order valence-corrected chi connectivity index (χ4v) is 11.5. The summed E-state index contributed by atoms with van der Waals surface area (Å²) in [6, 6.07) is 10.9. The van der Waals surface area contributed by atoms with Crippen molar-refractivity contribution in [1.29, 1.82) is 0 Å². The van der Waals surface area contributed by atoms with Crippen molar-refractivity contribution in [3.63, 3.8) is 0 Å². The van der Waals surface area contributed by atoms with Gasteiger partial charge < -0.3 is 14.9 Å². The third-order valence-corrected chi connectivity index (χ3v) is 14.6. The number of aryl methyl sites for hydroxylation is 2. The van der Waals surface area contributed by atoms with Gasteiger partial charge in [0.2, 0.25) is 23.6 Å². The van der Waals surface area contributed by atoms with Gasteiger partial charge in [0.05, 0.1) is 39.6 Å². The van der Waals surface area contributed by atoms with Crippen LogP contribution in [0.5, 0.6) is 11.5 Å². The summed E-state index contributed by atoms with van der Waals surface area (Å²) in [4.78, 5) is 72.6. The quantitative estimate of drug-likeness (QED) is 0.0930. The van der Waals surface area contributed by atoms with E-state index in [-0.39, 0.29) is 42.7 Å². The lowest BCUT2D eigenvalue weighted by atomic mass is 9.51. The molecule has 2 N–H and O–H groups in total. The number of fused-ring (bicyclic) bond motifs is 5. The van der Waals surface area contributed by atoms with Gasteiger partial charge in [0, 0.05) is 41.7 Å². The van der Waals surface area contributed by atoms with Crippen molar-refractivity contribution >= 4 is 84.4 Å². The number of aromatic hydroxyl groups is 1. The molecule has 2 aromatic heterocycles. The van der Waals surface area contributed by atoms with Crippen molar-refractivity contribution in [2.75, 3.05) is 18.6 Å². The highest BCUT2D eigenvalue weighted by molar-refractivity contribution is 9.10. The lowest BCUT2D eigenvalue weighted by Gasteiger charge is -2.49. The first-order valence-electron chi connectivity index (χ1n) is 18.6. The Morgan fingerprint density at radius 2 is 1.84 bits per heavy atom. The molecule has 2 saturated heterocycles. The predicted molar refractivity (Wildman–Crippen MR) is 214 cm³/mol. The van der Waals surface area contributed by atoms with E-state index in [0.29, 0.717) is 52.3 Å². The largest absolute Gasteiger partial charge is 0.503 e. The van der Waals surface area contributed by atoms with Crippen molar-refractivity contribution in [3.8, 4) is 22.1 Å². The number of hydrogen-bond donors (Lipinski definition) is 2.